The summed E-state index contributed by atoms with van der Waals surface area (Å²) in [4.78, 5) is 8.33. The van der Waals surface area contributed by atoms with Gasteiger partial charge in [-0.05, 0) is 10.4 Å². The molecule has 0 aliphatic rings. The number of aromatic amines is 1. The lowest BCUT2D eigenvalue weighted by atomic mass is 10.4. The lowest BCUT2D eigenvalue weighted by Gasteiger charge is -1.93. The van der Waals surface area contributed by atoms with Crippen molar-refractivity contribution >= 4 is 31.5 Å². The Hall–Kier alpha value is -1.67. The third-order valence-electron chi connectivity index (χ3n) is 2.05. The van der Waals surface area contributed by atoms with E-state index in [9.17, 15) is 0 Å². The van der Waals surface area contributed by atoms with Gasteiger partial charge in [0, 0.05) is 6.07 Å². The Labute approximate surface area is 103 Å². The highest BCUT2D eigenvalue weighted by molar-refractivity contribution is 8.44. The molecule has 0 fully saturated rings. The number of ether oxygens (including phenoxy) is 1. The minimum absolute atomic E-state index is 0.299. The molecule has 3 rings (SSSR count). The molecule has 3 aromatic rings. The van der Waals surface area contributed by atoms with Crippen molar-refractivity contribution in [3.05, 3.63) is 23.8 Å². The van der Waals surface area contributed by atoms with E-state index in [2.05, 4.69) is 29.9 Å². The summed E-state index contributed by atoms with van der Waals surface area (Å²) in [5, 5.41) is 10.4. The summed E-state index contributed by atoms with van der Waals surface area (Å²) >= 11 is 0. The van der Waals surface area contributed by atoms with Gasteiger partial charge in [0.25, 0.3) is 0 Å². The smallest absolute Gasteiger partial charge is 0.244 e. The van der Waals surface area contributed by atoms with E-state index in [1.807, 2.05) is 12.1 Å². The molecule has 0 saturated heterocycles. The van der Waals surface area contributed by atoms with Gasteiger partial charge in [-0.3, -0.25) is 5.10 Å². The average molecular weight is 266 g/mol. The van der Waals surface area contributed by atoms with Crippen LogP contribution in [0.15, 0.2) is 29.0 Å². The Bertz CT molecular complexity index is 636. The first-order valence-electron chi connectivity index (χ1n) is 4.74. The summed E-state index contributed by atoms with van der Waals surface area (Å²) in [6.07, 6.45) is 1.48. The van der Waals surface area contributed by atoms with E-state index in [0.29, 0.717) is 5.88 Å². The normalized spacial score (nSPS) is 11.9. The SMILES string of the molecule is COc1ccc2c[s+](Sc3ncn[nH]3)nc2n1. The molecule has 3 heterocycles. The van der Waals surface area contributed by atoms with Crippen molar-refractivity contribution < 1.29 is 4.74 Å². The zero-order valence-electron chi connectivity index (χ0n) is 8.82. The summed E-state index contributed by atoms with van der Waals surface area (Å²) in [5.41, 5.74) is 0.722. The molecule has 86 valence electrons. The topological polar surface area (TPSA) is 76.6 Å². The van der Waals surface area contributed by atoms with Crippen LogP contribution in [0.2, 0.25) is 0 Å². The van der Waals surface area contributed by atoms with E-state index >= 15 is 0 Å². The molecule has 8 heteroatoms. The first-order chi connectivity index (χ1) is 8.35. The summed E-state index contributed by atoms with van der Waals surface area (Å²) in [6.45, 7) is 0. The van der Waals surface area contributed by atoms with Crippen LogP contribution in [0.1, 0.15) is 0 Å². The second-order valence-electron chi connectivity index (χ2n) is 3.13. The maximum atomic E-state index is 5.06. The standard InChI is InChI=1S/C9H8N5OS2/c1-15-7-3-2-6-4-17(14-8(6)12-7)16-9-10-5-11-13-9/h2-5H,1H3,(H,10,11,13)/q+1. The summed E-state index contributed by atoms with van der Waals surface area (Å²) in [6, 6.07) is 3.79. The van der Waals surface area contributed by atoms with Gasteiger partial charge in [-0.2, -0.15) is 10.1 Å². The van der Waals surface area contributed by atoms with Crippen LogP contribution in [-0.4, -0.2) is 31.6 Å². The minimum Gasteiger partial charge on any atom is -0.481 e. The van der Waals surface area contributed by atoms with Crippen LogP contribution in [0.25, 0.3) is 11.0 Å². The Morgan fingerprint density at radius 3 is 3.12 bits per heavy atom. The monoisotopic (exact) mass is 266 g/mol. The molecule has 0 aliphatic carbocycles. The summed E-state index contributed by atoms with van der Waals surface area (Å²) < 4.78 is 9.55. The van der Waals surface area contributed by atoms with Crippen molar-refractivity contribution in [2.45, 2.75) is 5.16 Å². The quantitative estimate of drug-likeness (QED) is 0.577. The Balaban J connectivity index is 1.96. The number of methoxy groups -OCH3 is 1. The number of pyridine rings is 1. The molecule has 0 aromatic carbocycles. The lowest BCUT2D eigenvalue weighted by Crippen LogP contribution is -1.86. The molecule has 0 radical (unpaired) electrons. The molecule has 6 nitrogen and oxygen atoms in total. The predicted molar refractivity (Wildman–Crippen MR) is 66.2 cm³/mol. The van der Waals surface area contributed by atoms with Crippen molar-refractivity contribution in [1.29, 1.82) is 0 Å². The van der Waals surface area contributed by atoms with Crippen LogP contribution in [0.3, 0.4) is 0 Å². The molecule has 0 aliphatic heterocycles. The Morgan fingerprint density at radius 2 is 2.35 bits per heavy atom. The van der Waals surface area contributed by atoms with Crippen LogP contribution in [-0.2, 0) is 0 Å². The van der Waals surface area contributed by atoms with E-state index in [1.54, 1.807) is 7.11 Å². The third-order valence-corrected chi connectivity index (χ3v) is 4.88. The largest absolute Gasteiger partial charge is 0.481 e. The number of nitrogens with zero attached hydrogens (tertiary/aromatic N) is 4. The van der Waals surface area contributed by atoms with Gasteiger partial charge in [0.15, 0.2) is 15.1 Å². The van der Waals surface area contributed by atoms with Gasteiger partial charge in [0.2, 0.25) is 27.5 Å². The second kappa shape index (κ2) is 4.30. The molecular formula is C9H8N5OS2+. The number of hydrogen-bond acceptors (Lipinski definition) is 6. The van der Waals surface area contributed by atoms with Crippen molar-refractivity contribution in [2.75, 3.05) is 7.11 Å². The second-order valence-corrected chi connectivity index (χ2v) is 6.17. The van der Waals surface area contributed by atoms with Gasteiger partial charge in [-0.1, -0.05) is 0 Å². The van der Waals surface area contributed by atoms with E-state index < -0.39 is 0 Å². The average Bonchev–Trinajstić information content (AvgIpc) is 2.96. The minimum atomic E-state index is -0.299. The maximum Gasteiger partial charge on any atom is 0.244 e. The van der Waals surface area contributed by atoms with Crippen LogP contribution in [0.4, 0.5) is 0 Å². The van der Waals surface area contributed by atoms with Gasteiger partial charge in [0.05, 0.1) is 12.5 Å². The maximum absolute atomic E-state index is 5.06. The van der Waals surface area contributed by atoms with Crippen molar-refractivity contribution in [2.24, 2.45) is 0 Å². The van der Waals surface area contributed by atoms with E-state index in [0.717, 1.165) is 16.2 Å². The highest BCUT2D eigenvalue weighted by Gasteiger charge is 2.18. The van der Waals surface area contributed by atoms with Crippen molar-refractivity contribution in [1.82, 2.24) is 24.5 Å². The summed E-state index contributed by atoms with van der Waals surface area (Å²) in [7, 11) is 2.82. The zero-order chi connectivity index (χ0) is 11.7. The molecular weight excluding hydrogens is 258 g/mol. The number of H-pyrrole nitrogens is 1. The number of nitrogens with one attached hydrogen (secondary N) is 1. The lowest BCUT2D eigenvalue weighted by molar-refractivity contribution is 0.399. The molecule has 1 N–H and O–H groups in total. The summed E-state index contributed by atoms with van der Waals surface area (Å²) in [5.74, 6) is 0.580. The van der Waals surface area contributed by atoms with Gasteiger partial charge >= 0.3 is 0 Å². The zero-order valence-corrected chi connectivity index (χ0v) is 10.5. The molecule has 3 aromatic heterocycles. The fourth-order valence-electron chi connectivity index (χ4n) is 1.30. The van der Waals surface area contributed by atoms with Gasteiger partial charge in [-0.25, -0.2) is 4.98 Å². The number of rotatable bonds is 3. The molecule has 0 bridgehead atoms. The van der Waals surface area contributed by atoms with E-state index in [-0.39, 0.29) is 9.70 Å². The first kappa shape index (κ1) is 10.5. The van der Waals surface area contributed by atoms with Crippen molar-refractivity contribution in [3.8, 4) is 5.88 Å². The first-order valence-corrected chi connectivity index (χ1v) is 7.31. The fourth-order valence-corrected chi connectivity index (χ4v) is 4.00. The molecule has 0 saturated carbocycles. The van der Waals surface area contributed by atoms with Gasteiger partial charge in [0.1, 0.15) is 6.33 Å². The molecule has 0 spiro atoms. The van der Waals surface area contributed by atoms with Gasteiger partial charge < -0.3 is 4.74 Å². The van der Waals surface area contributed by atoms with Crippen LogP contribution in [0, 0.1) is 0 Å². The molecule has 1 atom stereocenters. The molecule has 1 unspecified atom stereocenters. The van der Waals surface area contributed by atoms with Gasteiger partial charge in [-0.15, -0.1) is 0 Å². The Kier molecular flexibility index (Phi) is 2.65. The number of hydrogen-bond donors (Lipinski definition) is 1. The third kappa shape index (κ3) is 2.08. The van der Waals surface area contributed by atoms with E-state index in [4.69, 9.17) is 4.74 Å². The molecule has 17 heavy (non-hydrogen) atoms. The highest BCUT2D eigenvalue weighted by atomic mass is 33.1. The van der Waals surface area contributed by atoms with E-state index in [1.165, 1.54) is 17.1 Å². The number of fused-ring (bicyclic) bond motifs is 1. The Morgan fingerprint density at radius 1 is 1.41 bits per heavy atom. The van der Waals surface area contributed by atoms with Crippen LogP contribution in [0.5, 0.6) is 5.88 Å². The van der Waals surface area contributed by atoms with Crippen LogP contribution < -0.4 is 4.74 Å². The fraction of sp³-hybridized carbons (Fsp3) is 0.111. The number of aromatic nitrogens is 5. The predicted octanol–water partition coefficient (Wildman–Crippen LogP) is 2.06. The van der Waals surface area contributed by atoms with Crippen LogP contribution >= 0.6 is 20.5 Å². The molecule has 0 amide bonds. The highest BCUT2D eigenvalue weighted by Crippen LogP contribution is 2.37. The van der Waals surface area contributed by atoms with Crippen molar-refractivity contribution in [3.63, 3.8) is 0 Å².